The molecule has 0 saturated carbocycles. The Labute approximate surface area is 79.3 Å². The van der Waals surface area contributed by atoms with Crippen LogP contribution in [-0.4, -0.2) is 15.0 Å². The van der Waals surface area contributed by atoms with E-state index in [1.54, 1.807) is 0 Å². The Morgan fingerprint density at radius 1 is 1.54 bits per heavy atom. The van der Waals surface area contributed by atoms with Gasteiger partial charge in [-0.15, -0.1) is 0 Å². The van der Waals surface area contributed by atoms with Gasteiger partial charge in [-0.2, -0.15) is 0 Å². The summed E-state index contributed by atoms with van der Waals surface area (Å²) in [6.07, 6.45) is 3.23. The Morgan fingerprint density at radius 3 is 3.15 bits per heavy atom. The molecule has 0 aliphatic rings. The summed E-state index contributed by atoms with van der Waals surface area (Å²) >= 11 is 5.90. The topological polar surface area (TPSA) is 79.6 Å². The number of nitrogens with zero attached hydrogens (tertiary/aromatic N) is 2. The highest BCUT2D eigenvalue weighted by Gasteiger charge is 2.07. The minimum atomic E-state index is 0.441. The van der Waals surface area contributed by atoms with Crippen LogP contribution in [0, 0.1) is 0 Å². The first-order valence-corrected chi connectivity index (χ1v) is 4.10. The highest BCUT2D eigenvalue weighted by molar-refractivity contribution is 6.34. The Balaban J connectivity index is 2.64. The number of aromatic nitrogens is 3. The Kier molecular flexibility index (Phi) is 2.13. The SMILES string of the molecule is NNCc1c[nH]c2ncnc(Cl)c12. The number of fused-ring (bicyclic) bond motifs is 1. The van der Waals surface area contributed by atoms with Crippen molar-refractivity contribution in [2.75, 3.05) is 0 Å². The van der Waals surface area contributed by atoms with Gasteiger partial charge in [0.05, 0.1) is 5.39 Å². The molecule has 0 fully saturated rings. The molecule has 2 aromatic rings. The largest absolute Gasteiger partial charge is 0.346 e. The molecule has 0 aliphatic carbocycles. The molecule has 6 heteroatoms. The summed E-state index contributed by atoms with van der Waals surface area (Å²) in [7, 11) is 0. The fraction of sp³-hybridized carbons (Fsp3) is 0.143. The minimum Gasteiger partial charge on any atom is -0.346 e. The van der Waals surface area contributed by atoms with E-state index < -0.39 is 0 Å². The molecule has 0 spiro atoms. The lowest BCUT2D eigenvalue weighted by Crippen LogP contribution is -2.20. The summed E-state index contributed by atoms with van der Waals surface area (Å²) < 4.78 is 0. The van der Waals surface area contributed by atoms with Crippen molar-refractivity contribution in [3.63, 3.8) is 0 Å². The second-order valence-electron chi connectivity index (χ2n) is 2.58. The van der Waals surface area contributed by atoms with Gasteiger partial charge in [-0.25, -0.2) is 9.97 Å². The normalized spacial score (nSPS) is 10.9. The molecule has 2 heterocycles. The second kappa shape index (κ2) is 3.29. The molecule has 0 aliphatic heterocycles. The van der Waals surface area contributed by atoms with Crippen LogP contribution in [0.1, 0.15) is 5.56 Å². The van der Waals surface area contributed by atoms with Crippen molar-refractivity contribution in [3.05, 3.63) is 23.2 Å². The molecule has 0 amide bonds. The highest BCUT2D eigenvalue weighted by Crippen LogP contribution is 2.22. The summed E-state index contributed by atoms with van der Waals surface area (Å²) in [4.78, 5) is 10.9. The molecule has 0 atom stereocenters. The predicted molar refractivity (Wildman–Crippen MR) is 49.9 cm³/mol. The van der Waals surface area contributed by atoms with E-state index in [9.17, 15) is 0 Å². The van der Waals surface area contributed by atoms with Gasteiger partial charge in [0.2, 0.25) is 0 Å². The fourth-order valence-electron chi connectivity index (χ4n) is 1.24. The van der Waals surface area contributed by atoms with Crippen LogP contribution in [0.4, 0.5) is 0 Å². The Bertz CT molecular complexity index is 424. The number of hydrogen-bond donors (Lipinski definition) is 3. The third-order valence-corrected chi connectivity index (χ3v) is 2.08. The zero-order chi connectivity index (χ0) is 9.26. The summed E-state index contributed by atoms with van der Waals surface area (Å²) in [5, 5.41) is 1.26. The van der Waals surface area contributed by atoms with Crippen LogP contribution < -0.4 is 11.3 Å². The van der Waals surface area contributed by atoms with Gasteiger partial charge < -0.3 is 4.98 Å². The summed E-state index contributed by atoms with van der Waals surface area (Å²) in [6.45, 7) is 0.535. The molecular weight excluding hydrogens is 190 g/mol. The van der Waals surface area contributed by atoms with E-state index in [1.165, 1.54) is 6.33 Å². The van der Waals surface area contributed by atoms with Crippen molar-refractivity contribution in [1.82, 2.24) is 20.4 Å². The molecule has 2 rings (SSSR count). The van der Waals surface area contributed by atoms with E-state index >= 15 is 0 Å². The number of halogens is 1. The molecule has 0 bridgehead atoms. The van der Waals surface area contributed by atoms with Crippen LogP contribution in [-0.2, 0) is 6.54 Å². The van der Waals surface area contributed by atoms with E-state index in [0.717, 1.165) is 16.6 Å². The first-order valence-electron chi connectivity index (χ1n) is 3.73. The molecular formula is C7H8ClN5. The average molecular weight is 198 g/mol. The zero-order valence-corrected chi connectivity index (χ0v) is 7.47. The Hall–Kier alpha value is -1.17. The minimum absolute atomic E-state index is 0.441. The maximum Gasteiger partial charge on any atom is 0.142 e. The van der Waals surface area contributed by atoms with E-state index in [1.807, 2.05) is 6.20 Å². The van der Waals surface area contributed by atoms with Crippen LogP contribution in [0.3, 0.4) is 0 Å². The van der Waals surface area contributed by atoms with Gasteiger partial charge in [0.1, 0.15) is 17.1 Å². The molecule has 4 N–H and O–H groups in total. The smallest absolute Gasteiger partial charge is 0.142 e. The van der Waals surface area contributed by atoms with Gasteiger partial charge in [-0.1, -0.05) is 11.6 Å². The number of hydrogen-bond acceptors (Lipinski definition) is 4. The summed E-state index contributed by atoms with van der Waals surface area (Å²) in [6, 6.07) is 0. The predicted octanol–water partition coefficient (Wildman–Crippen LogP) is 0.575. The van der Waals surface area contributed by atoms with Crippen LogP contribution in [0.5, 0.6) is 0 Å². The van der Waals surface area contributed by atoms with Gasteiger partial charge >= 0.3 is 0 Å². The maximum atomic E-state index is 5.90. The number of hydrazine groups is 1. The monoisotopic (exact) mass is 197 g/mol. The van der Waals surface area contributed by atoms with Crippen molar-refractivity contribution >= 4 is 22.6 Å². The lowest BCUT2D eigenvalue weighted by atomic mass is 10.2. The van der Waals surface area contributed by atoms with E-state index in [4.69, 9.17) is 17.4 Å². The Morgan fingerprint density at radius 2 is 2.38 bits per heavy atom. The standard InChI is InChI=1S/C7H8ClN5/c8-6-5-4(2-13-9)1-10-7(5)12-3-11-6/h1,3,13H,2,9H2,(H,10,11,12). The van der Waals surface area contributed by atoms with Crippen molar-refractivity contribution in [3.8, 4) is 0 Å². The van der Waals surface area contributed by atoms with Crippen molar-refractivity contribution in [1.29, 1.82) is 0 Å². The van der Waals surface area contributed by atoms with Gasteiger partial charge in [-0.05, 0) is 5.56 Å². The maximum absolute atomic E-state index is 5.90. The van der Waals surface area contributed by atoms with Crippen molar-refractivity contribution in [2.24, 2.45) is 5.84 Å². The van der Waals surface area contributed by atoms with Crippen molar-refractivity contribution in [2.45, 2.75) is 6.54 Å². The lowest BCUT2D eigenvalue weighted by Gasteiger charge is -1.97. The van der Waals surface area contributed by atoms with Crippen LogP contribution in [0.25, 0.3) is 11.0 Å². The fourth-order valence-corrected chi connectivity index (χ4v) is 1.49. The molecule has 13 heavy (non-hydrogen) atoms. The summed E-state index contributed by atoms with van der Waals surface area (Å²) in [5.41, 5.74) is 4.24. The van der Waals surface area contributed by atoms with Crippen LogP contribution >= 0.6 is 11.6 Å². The number of rotatable bonds is 2. The zero-order valence-electron chi connectivity index (χ0n) is 6.71. The molecule has 0 aromatic carbocycles. The number of aromatic amines is 1. The summed E-state index contributed by atoms with van der Waals surface area (Å²) in [5.74, 6) is 5.21. The molecule has 2 aromatic heterocycles. The molecule has 0 saturated heterocycles. The highest BCUT2D eigenvalue weighted by atomic mass is 35.5. The van der Waals surface area contributed by atoms with E-state index in [-0.39, 0.29) is 0 Å². The second-order valence-corrected chi connectivity index (χ2v) is 2.94. The van der Waals surface area contributed by atoms with Gasteiger partial charge in [0, 0.05) is 12.7 Å². The number of nitrogens with two attached hydrogens (primary N) is 1. The van der Waals surface area contributed by atoms with Crippen molar-refractivity contribution < 1.29 is 0 Å². The quantitative estimate of drug-likeness (QED) is 0.374. The first kappa shape index (κ1) is 8.43. The molecule has 0 radical (unpaired) electrons. The van der Waals surface area contributed by atoms with Crippen LogP contribution in [0.2, 0.25) is 5.15 Å². The van der Waals surface area contributed by atoms with Gasteiger partial charge in [0.15, 0.2) is 0 Å². The average Bonchev–Trinajstić information content (AvgIpc) is 2.51. The number of H-pyrrole nitrogens is 1. The molecule has 68 valence electrons. The van der Waals surface area contributed by atoms with Crippen LogP contribution in [0.15, 0.2) is 12.5 Å². The molecule has 5 nitrogen and oxygen atoms in total. The van der Waals surface area contributed by atoms with Gasteiger partial charge in [-0.3, -0.25) is 11.3 Å². The van der Waals surface area contributed by atoms with E-state index in [2.05, 4.69) is 20.4 Å². The lowest BCUT2D eigenvalue weighted by molar-refractivity contribution is 0.745. The number of nitrogens with one attached hydrogen (secondary N) is 2. The third-order valence-electron chi connectivity index (χ3n) is 1.80. The first-order chi connectivity index (χ1) is 6.33. The van der Waals surface area contributed by atoms with E-state index in [0.29, 0.717) is 11.7 Å². The van der Waals surface area contributed by atoms with Gasteiger partial charge in [0.25, 0.3) is 0 Å². The molecule has 0 unspecified atom stereocenters. The third kappa shape index (κ3) is 1.37.